The van der Waals surface area contributed by atoms with Gasteiger partial charge in [0.25, 0.3) is 0 Å². The molecule has 2 aromatic rings. The Morgan fingerprint density at radius 3 is 2.46 bits per heavy atom. The minimum atomic E-state index is -0.0671. The monoisotopic (exact) mass is 374 g/mol. The minimum Gasteiger partial charge on any atom is -0.467 e. The summed E-state index contributed by atoms with van der Waals surface area (Å²) in [4.78, 5) is 24.8. The number of carbonyl (C=O) groups is 2. The molecule has 0 unspecified atom stereocenters. The molecule has 3 rings (SSSR count). The van der Waals surface area contributed by atoms with Gasteiger partial charge in [-0.15, -0.1) is 0 Å². The highest BCUT2D eigenvalue weighted by molar-refractivity contribution is 6.31. The smallest absolute Gasteiger partial charge is 0.227 e. The Morgan fingerprint density at radius 1 is 1.12 bits per heavy atom. The maximum atomic E-state index is 12.5. The van der Waals surface area contributed by atoms with Crippen LogP contribution in [0.4, 0.5) is 5.69 Å². The van der Waals surface area contributed by atoms with Gasteiger partial charge < -0.3 is 15.1 Å². The van der Waals surface area contributed by atoms with Crippen molar-refractivity contribution in [3.63, 3.8) is 0 Å². The molecule has 1 aliphatic rings. The van der Waals surface area contributed by atoms with Gasteiger partial charge in [-0.05, 0) is 62.4 Å². The molecule has 0 spiro atoms. The van der Waals surface area contributed by atoms with Gasteiger partial charge in [-0.2, -0.15) is 0 Å². The Balaban J connectivity index is 1.47. The lowest BCUT2D eigenvalue weighted by atomic mass is 9.81. The number of halogens is 1. The molecule has 0 radical (unpaired) electrons. The lowest BCUT2D eigenvalue weighted by Gasteiger charge is -2.27. The predicted molar refractivity (Wildman–Crippen MR) is 101 cm³/mol. The average molecular weight is 375 g/mol. The summed E-state index contributed by atoms with van der Waals surface area (Å²) < 4.78 is 5.22. The van der Waals surface area contributed by atoms with E-state index in [0.717, 1.165) is 29.9 Å². The fourth-order valence-corrected chi connectivity index (χ4v) is 3.49. The lowest BCUT2D eigenvalue weighted by molar-refractivity contribution is -0.128. The highest BCUT2D eigenvalue weighted by Gasteiger charge is 2.30. The van der Waals surface area contributed by atoms with Crippen molar-refractivity contribution in [1.82, 2.24) is 5.32 Å². The number of aryl methyl sites for hydroxylation is 1. The van der Waals surface area contributed by atoms with Crippen molar-refractivity contribution in [2.24, 2.45) is 11.8 Å². The van der Waals surface area contributed by atoms with Crippen LogP contribution in [0.25, 0.3) is 0 Å². The van der Waals surface area contributed by atoms with E-state index >= 15 is 0 Å². The summed E-state index contributed by atoms with van der Waals surface area (Å²) in [5.41, 5.74) is 1.73. The van der Waals surface area contributed by atoms with Crippen molar-refractivity contribution >= 4 is 29.1 Å². The zero-order valence-electron chi connectivity index (χ0n) is 14.8. The van der Waals surface area contributed by atoms with Crippen LogP contribution >= 0.6 is 11.6 Å². The summed E-state index contributed by atoms with van der Waals surface area (Å²) in [5.74, 6) is 0.670. The molecular formula is C20H23ClN2O3. The van der Waals surface area contributed by atoms with Crippen LogP contribution in [0, 0.1) is 18.8 Å². The Labute approximate surface area is 158 Å². The van der Waals surface area contributed by atoms with Gasteiger partial charge in [0, 0.05) is 22.5 Å². The number of anilines is 1. The number of benzene rings is 1. The molecule has 0 aliphatic heterocycles. The van der Waals surface area contributed by atoms with Crippen LogP contribution in [0.2, 0.25) is 5.02 Å². The molecule has 2 amide bonds. The maximum absolute atomic E-state index is 12.5. The van der Waals surface area contributed by atoms with Crippen molar-refractivity contribution in [1.29, 1.82) is 0 Å². The first-order chi connectivity index (χ1) is 12.5. The summed E-state index contributed by atoms with van der Waals surface area (Å²) in [5, 5.41) is 6.48. The molecule has 2 N–H and O–H groups in total. The highest BCUT2D eigenvalue weighted by Crippen LogP contribution is 2.30. The van der Waals surface area contributed by atoms with E-state index in [9.17, 15) is 9.59 Å². The van der Waals surface area contributed by atoms with Crippen LogP contribution in [0.5, 0.6) is 0 Å². The Morgan fingerprint density at radius 2 is 1.81 bits per heavy atom. The van der Waals surface area contributed by atoms with E-state index < -0.39 is 0 Å². The van der Waals surface area contributed by atoms with E-state index in [1.807, 2.05) is 19.1 Å². The Kier molecular flexibility index (Phi) is 5.99. The van der Waals surface area contributed by atoms with E-state index in [1.54, 1.807) is 24.5 Å². The van der Waals surface area contributed by atoms with Crippen LogP contribution in [0.1, 0.15) is 37.0 Å². The minimum absolute atomic E-state index is 0.00445. The second-order valence-electron chi connectivity index (χ2n) is 6.79. The maximum Gasteiger partial charge on any atom is 0.227 e. The zero-order chi connectivity index (χ0) is 18.5. The van der Waals surface area contributed by atoms with Gasteiger partial charge in [-0.3, -0.25) is 9.59 Å². The van der Waals surface area contributed by atoms with Crippen LogP contribution in [-0.2, 0) is 16.1 Å². The van der Waals surface area contributed by atoms with Crippen LogP contribution < -0.4 is 10.6 Å². The fraction of sp³-hybridized carbons (Fsp3) is 0.400. The molecule has 5 nitrogen and oxygen atoms in total. The third-order valence-electron chi connectivity index (χ3n) is 4.94. The molecular weight excluding hydrogens is 352 g/mol. The lowest BCUT2D eigenvalue weighted by Crippen LogP contribution is -2.35. The molecule has 0 bridgehead atoms. The van der Waals surface area contributed by atoms with Crippen molar-refractivity contribution in [3.8, 4) is 0 Å². The number of hydrogen-bond donors (Lipinski definition) is 2. The molecule has 0 atom stereocenters. The van der Waals surface area contributed by atoms with Gasteiger partial charge in [0.15, 0.2) is 0 Å². The zero-order valence-corrected chi connectivity index (χ0v) is 15.5. The van der Waals surface area contributed by atoms with Crippen molar-refractivity contribution < 1.29 is 14.0 Å². The Bertz CT molecular complexity index is 765. The molecule has 138 valence electrons. The van der Waals surface area contributed by atoms with Gasteiger partial charge in [0.05, 0.1) is 12.8 Å². The molecule has 0 saturated heterocycles. The molecule has 1 fully saturated rings. The van der Waals surface area contributed by atoms with Crippen LogP contribution in [0.3, 0.4) is 0 Å². The van der Waals surface area contributed by atoms with Crippen molar-refractivity contribution in [2.75, 3.05) is 5.32 Å². The molecule has 1 saturated carbocycles. The first-order valence-electron chi connectivity index (χ1n) is 8.90. The van der Waals surface area contributed by atoms with Crippen molar-refractivity contribution in [2.45, 2.75) is 39.2 Å². The summed E-state index contributed by atoms with van der Waals surface area (Å²) in [6, 6.07) is 9.09. The van der Waals surface area contributed by atoms with E-state index in [4.69, 9.17) is 16.0 Å². The second kappa shape index (κ2) is 8.41. The molecule has 1 heterocycles. The standard InChI is InChI=1S/C20H23ClN2O3/c1-13-4-9-16(21)11-18(13)23-20(25)15-7-5-14(6-8-15)19(24)22-12-17-3-2-10-26-17/h2-4,9-11,14-15H,5-8,12H2,1H3,(H,22,24)(H,23,25). The number of nitrogens with one attached hydrogen (secondary N) is 2. The van der Waals surface area contributed by atoms with Crippen molar-refractivity contribution in [3.05, 3.63) is 52.9 Å². The van der Waals surface area contributed by atoms with E-state index in [1.165, 1.54) is 0 Å². The Hall–Kier alpha value is -2.27. The largest absolute Gasteiger partial charge is 0.467 e. The number of furan rings is 1. The number of hydrogen-bond acceptors (Lipinski definition) is 3. The molecule has 1 aromatic carbocycles. The molecule has 1 aromatic heterocycles. The SMILES string of the molecule is Cc1ccc(Cl)cc1NC(=O)C1CCC(C(=O)NCc2ccco2)CC1. The summed E-state index contributed by atoms with van der Waals surface area (Å²) in [6.45, 7) is 2.34. The third-order valence-corrected chi connectivity index (χ3v) is 5.18. The third kappa shape index (κ3) is 4.67. The highest BCUT2D eigenvalue weighted by atomic mass is 35.5. The quantitative estimate of drug-likeness (QED) is 0.819. The van der Waals surface area contributed by atoms with Gasteiger partial charge in [0.2, 0.25) is 11.8 Å². The van der Waals surface area contributed by atoms with E-state index in [2.05, 4.69) is 10.6 Å². The number of rotatable bonds is 5. The van der Waals surface area contributed by atoms with Gasteiger partial charge >= 0.3 is 0 Å². The summed E-state index contributed by atoms with van der Waals surface area (Å²) in [6.07, 6.45) is 4.45. The topological polar surface area (TPSA) is 71.3 Å². The summed E-state index contributed by atoms with van der Waals surface area (Å²) >= 11 is 6.00. The predicted octanol–water partition coefficient (Wildman–Crippen LogP) is 4.30. The fourth-order valence-electron chi connectivity index (χ4n) is 3.31. The first kappa shape index (κ1) is 18.5. The van der Waals surface area contributed by atoms with E-state index in [-0.39, 0.29) is 23.7 Å². The van der Waals surface area contributed by atoms with Crippen LogP contribution in [-0.4, -0.2) is 11.8 Å². The second-order valence-corrected chi connectivity index (χ2v) is 7.23. The first-order valence-corrected chi connectivity index (χ1v) is 9.28. The number of carbonyl (C=O) groups excluding carboxylic acids is 2. The number of amides is 2. The molecule has 26 heavy (non-hydrogen) atoms. The summed E-state index contributed by atoms with van der Waals surface area (Å²) in [7, 11) is 0. The van der Waals surface area contributed by atoms with E-state index in [0.29, 0.717) is 24.4 Å². The molecule has 6 heteroatoms. The van der Waals surface area contributed by atoms with Gasteiger partial charge in [-0.25, -0.2) is 0 Å². The molecule has 1 aliphatic carbocycles. The van der Waals surface area contributed by atoms with Crippen LogP contribution in [0.15, 0.2) is 41.0 Å². The van der Waals surface area contributed by atoms with Gasteiger partial charge in [0.1, 0.15) is 5.76 Å². The average Bonchev–Trinajstić information content (AvgIpc) is 3.16. The van der Waals surface area contributed by atoms with Gasteiger partial charge in [-0.1, -0.05) is 17.7 Å². The normalized spacial score (nSPS) is 19.8.